The lowest BCUT2D eigenvalue weighted by Crippen LogP contribution is -2.26. The summed E-state index contributed by atoms with van der Waals surface area (Å²) in [6.45, 7) is 1.71. The third-order valence-corrected chi connectivity index (χ3v) is 2.71. The van der Waals surface area contributed by atoms with Gasteiger partial charge in [-0.25, -0.2) is 0 Å². The van der Waals surface area contributed by atoms with Crippen LogP contribution in [-0.4, -0.2) is 30.1 Å². The Balaban J connectivity index is 2.81. The zero-order chi connectivity index (χ0) is 14.8. The molecule has 1 unspecified atom stereocenters. The van der Waals surface area contributed by atoms with E-state index in [1.165, 1.54) is 0 Å². The van der Waals surface area contributed by atoms with E-state index >= 15 is 0 Å². The zero-order valence-electron chi connectivity index (χ0n) is 11.5. The number of rotatable bonds is 6. The van der Waals surface area contributed by atoms with Crippen molar-refractivity contribution >= 4 is 11.8 Å². The van der Waals surface area contributed by atoms with Gasteiger partial charge in [0.1, 0.15) is 12.5 Å². The largest absolute Gasteiger partial charge is 0.465 e. The quantitative estimate of drug-likeness (QED) is 0.372. The number of carbonyl (C=O) groups is 2. The van der Waals surface area contributed by atoms with E-state index in [2.05, 4.69) is 11.8 Å². The van der Waals surface area contributed by atoms with Crippen LogP contribution in [0.25, 0.3) is 0 Å². The smallest absolute Gasteiger partial charge is 0.316 e. The lowest BCUT2D eigenvalue weighted by molar-refractivity contribution is -0.146. The Morgan fingerprint density at radius 1 is 1.25 bits per heavy atom. The molecule has 106 valence electrons. The number of ketones is 1. The van der Waals surface area contributed by atoms with Crippen molar-refractivity contribution in [3.63, 3.8) is 0 Å². The fourth-order valence-electron chi connectivity index (χ4n) is 1.76. The van der Waals surface area contributed by atoms with Gasteiger partial charge >= 0.3 is 5.97 Å². The van der Waals surface area contributed by atoms with E-state index in [1.54, 1.807) is 31.2 Å². The molecular weight excluding hydrogens is 256 g/mol. The number of benzene rings is 1. The molecule has 20 heavy (non-hydrogen) atoms. The van der Waals surface area contributed by atoms with E-state index < -0.39 is 11.9 Å². The summed E-state index contributed by atoms with van der Waals surface area (Å²) >= 11 is 0. The molecule has 1 aromatic rings. The summed E-state index contributed by atoms with van der Waals surface area (Å²) in [4.78, 5) is 24.2. The van der Waals surface area contributed by atoms with E-state index in [0.29, 0.717) is 18.4 Å². The van der Waals surface area contributed by atoms with Crippen LogP contribution in [0.15, 0.2) is 30.3 Å². The summed E-state index contributed by atoms with van der Waals surface area (Å²) in [7, 11) is 0. The van der Waals surface area contributed by atoms with Crippen LogP contribution in [0.4, 0.5) is 0 Å². The summed E-state index contributed by atoms with van der Waals surface area (Å²) in [5.74, 6) is 3.59. The number of Topliss-reactive ketones (excluding diaryl/α,β-unsaturated/α-hetero) is 1. The van der Waals surface area contributed by atoms with Gasteiger partial charge in [0.25, 0.3) is 0 Å². The molecule has 0 aliphatic carbocycles. The van der Waals surface area contributed by atoms with Gasteiger partial charge in [-0.15, -0.1) is 5.92 Å². The van der Waals surface area contributed by atoms with Gasteiger partial charge in [0.15, 0.2) is 5.78 Å². The van der Waals surface area contributed by atoms with Crippen LogP contribution >= 0.6 is 0 Å². The van der Waals surface area contributed by atoms with Gasteiger partial charge in [0.2, 0.25) is 0 Å². The van der Waals surface area contributed by atoms with E-state index in [-0.39, 0.29) is 19.0 Å². The summed E-state index contributed by atoms with van der Waals surface area (Å²) < 4.78 is 4.95. The van der Waals surface area contributed by atoms with Gasteiger partial charge in [-0.1, -0.05) is 36.3 Å². The Labute approximate surface area is 118 Å². The molecule has 1 rings (SSSR count). The van der Waals surface area contributed by atoms with Gasteiger partial charge in [-0.05, 0) is 13.3 Å². The topological polar surface area (TPSA) is 63.6 Å². The first kappa shape index (κ1) is 15.9. The highest BCUT2D eigenvalue weighted by Gasteiger charge is 2.28. The normalized spacial score (nSPS) is 11.1. The van der Waals surface area contributed by atoms with E-state index in [1.807, 2.05) is 6.07 Å². The second-order valence-corrected chi connectivity index (χ2v) is 4.09. The van der Waals surface area contributed by atoms with Crippen LogP contribution < -0.4 is 0 Å². The Hall–Kier alpha value is -2.12. The first-order valence-electron chi connectivity index (χ1n) is 6.53. The van der Waals surface area contributed by atoms with Crippen LogP contribution in [0.2, 0.25) is 0 Å². The molecule has 0 heterocycles. The molecule has 0 fully saturated rings. The fourth-order valence-corrected chi connectivity index (χ4v) is 1.76. The molecular formula is C16H18O4. The highest BCUT2D eigenvalue weighted by molar-refractivity contribution is 6.08. The SMILES string of the molecule is CCOC(=O)C(CCC#CCO)C(=O)c1ccccc1. The minimum absolute atomic E-state index is 0.225. The number of carbonyl (C=O) groups excluding carboxylic acids is 2. The van der Waals surface area contributed by atoms with E-state index in [4.69, 9.17) is 9.84 Å². The van der Waals surface area contributed by atoms with E-state index in [9.17, 15) is 9.59 Å². The van der Waals surface area contributed by atoms with Crippen molar-refractivity contribution < 1.29 is 19.4 Å². The Morgan fingerprint density at radius 3 is 2.55 bits per heavy atom. The predicted molar refractivity (Wildman–Crippen MR) is 75.0 cm³/mol. The number of hydrogen-bond acceptors (Lipinski definition) is 4. The average Bonchev–Trinajstić information content (AvgIpc) is 2.48. The molecule has 0 saturated carbocycles. The highest BCUT2D eigenvalue weighted by atomic mass is 16.5. The number of ether oxygens (including phenoxy) is 1. The van der Waals surface area contributed by atoms with Crippen molar-refractivity contribution in [2.24, 2.45) is 5.92 Å². The second kappa shape index (κ2) is 8.89. The standard InChI is InChI=1S/C16H18O4/c1-2-20-16(19)14(11-7-4-8-12-17)15(18)13-9-5-3-6-10-13/h3,5-6,9-10,14,17H,2,7,11-12H2,1H3. The van der Waals surface area contributed by atoms with E-state index in [0.717, 1.165) is 0 Å². The minimum atomic E-state index is -0.842. The molecule has 4 nitrogen and oxygen atoms in total. The lowest BCUT2D eigenvalue weighted by Gasteiger charge is -2.13. The molecule has 1 atom stereocenters. The Morgan fingerprint density at radius 2 is 1.95 bits per heavy atom. The van der Waals surface area contributed by atoms with Gasteiger partial charge in [-0.2, -0.15) is 0 Å². The van der Waals surface area contributed by atoms with Crippen molar-refractivity contribution in [2.75, 3.05) is 13.2 Å². The zero-order valence-corrected chi connectivity index (χ0v) is 11.5. The van der Waals surface area contributed by atoms with Crippen LogP contribution in [0.5, 0.6) is 0 Å². The maximum atomic E-state index is 12.3. The van der Waals surface area contributed by atoms with Crippen LogP contribution in [0.1, 0.15) is 30.1 Å². The molecule has 0 amide bonds. The number of esters is 1. The number of aliphatic hydroxyl groups excluding tert-OH is 1. The first-order chi connectivity index (χ1) is 9.70. The Kier molecular flexibility index (Phi) is 7.08. The summed E-state index contributed by atoms with van der Waals surface area (Å²) in [5.41, 5.74) is 0.487. The maximum Gasteiger partial charge on any atom is 0.316 e. The Bertz CT molecular complexity index is 496. The summed E-state index contributed by atoms with van der Waals surface area (Å²) in [6, 6.07) is 8.66. The molecule has 0 bridgehead atoms. The van der Waals surface area contributed by atoms with Crippen LogP contribution in [0, 0.1) is 17.8 Å². The monoisotopic (exact) mass is 274 g/mol. The van der Waals surface area contributed by atoms with Gasteiger partial charge in [0, 0.05) is 12.0 Å². The summed E-state index contributed by atoms with van der Waals surface area (Å²) in [5, 5.41) is 8.58. The van der Waals surface area contributed by atoms with Crippen molar-refractivity contribution in [2.45, 2.75) is 19.8 Å². The number of aliphatic hydroxyl groups is 1. The van der Waals surface area contributed by atoms with Gasteiger partial charge < -0.3 is 9.84 Å². The molecule has 0 aromatic heterocycles. The maximum absolute atomic E-state index is 12.3. The number of hydrogen-bond donors (Lipinski definition) is 1. The molecule has 1 aromatic carbocycles. The molecule has 1 N–H and O–H groups in total. The van der Waals surface area contributed by atoms with Crippen molar-refractivity contribution in [3.05, 3.63) is 35.9 Å². The lowest BCUT2D eigenvalue weighted by atomic mass is 9.93. The third kappa shape index (κ3) is 4.87. The van der Waals surface area contributed by atoms with Crippen LogP contribution in [0.3, 0.4) is 0 Å². The molecule has 0 radical (unpaired) electrons. The molecule has 0 saturated heterocycles. The summed E-state index contributed by atoms with van der Waals surface area (Å²) in [6.07, 6.45) is 0.655. The molecule has 0 aliphatic heterocycles. The third-order valence-electron chi connectivity index (χ3n) is 2.71. The van der Waals surface area contributed by atoms with Crippen molar-refractivity contribution in [1.29, 1.82) is 0 Å². The highest BCUT2D eigenvalue weighted by Crippen LogP contribution is 2.16. The van der Waals surface area contributed by atoms with Crippen molar-refractivity contribution in [1.82, 2.24) is 0 Å². The predicted octanol–water partition coefficient (Wildman–Crippen LogP) is 1.82. The average molecular weight is 274 g/mol. The van der Waals surface area contributed by atoms with Gasteiger partial charge in [-0.3, -0.25) is 9.59 Å². The molecule has 4 heteroatoms. The minimum Gasteiger partial charge on any atom is -0.465 e. The van der Waals surface area contributed by atoms with Crippen molar-refractivity contribution in [3.8, 4) is 11.8 Å². The molecule has 0 spiro atoms. The second-order valence-electron chi connectivity index (χ2n) is 4.09. The first-order valence-corrected chi connectivity index (χ1v) is 6.53. The molecule has 0 aliphatic rings. The van der Waals surface area contributed by atoms with Gasteiger partial charge in [0.05, 0.1) is 6.61 Å². The fraction of sp³-hybridized carbons (Fsp3) is 0.375. The van der Waals surface area contributed by atoms with Crippen LogP contribution in [-0.2, 0) is 9.53 Å².